The van der Waals surface area contributed by atoms with E-state index in [1.54, 1.807) is 35.5 Å². The van der Waals surface area contributed by atoms with Gasteiger partial charge in [-0.3, -0.25) is 19.9 Å². The molecule has 0 aromatic heterocycles. The van der Waals surface area contributed by atoms with Crippen LogP contribution in [0.4, 0.5) is 5.69 Å². The van der Waals surface area contributed by atoms with E-state index in [1.807, 2.05) is 73.6 Å². The van der Waals surface area contributed by atoms with Gasteiger partial charge in [-0.05, 0) is 23.3 Å². The van der Waals surface area contributed by atoms with Crippen molar-refractivity contribution in [2.45, 2.75) is 24.0 Å². The number of nitrogens with zero attached hydrogens (tertiary/aromatic N) is 4. The van der Waals surface area contributed by atoms with Gasteiger partial charge in [0.05, 0.1) is 12.1 Å². The Morgan fingerprint density at radius 1 is 0.970 bits per heavy atom. The number of hydrazone groups is 1. The lowest BCUT2D eigenvalue weighted by atomic mass is 9.82. The van der Waals surface area contributed by atoms with Gasteiger partial charge in [-0.2, -0.15) is 5.10 Å². The topological polar surface area (TPSA) is 79.0 Å². The van der Waals surface area contributed by atoms with E-state index in [9.17, 15) is 14.9 Å². The predicted molar refractivity (Wildman–Crippen MR) is 127 cm³/mol. The summed E-state index contributed by atoms with van der Waals surface area (Å²) in [5.41, 5.74) is 3.95. The number of fused-ring (bicyclic) bond motifs is 3. The molecule has 1 saturated heterocycles. The SMILES string of the molecule is CN(C)c1ccc(C2C(C(=O)c3ccccc3)N3N=Cc4ccccc4C3C2[N+](=O)[O-])cc1. The van der Waals surface area contributed by atoms with Crippen molar-refractivity contribution in [2.75, 3.05) is 19.0 Å². The zero-order valence-corrected chi connectivity index (χ0v) is 18.4. The van der Waals surface area contributed by atoms with Crippen LogP contribution in [0.3, 0.4) is 0 Å². The third-order valence-electron chi connectivity index (χ3n) is 6.61. The van der Waals surface area contributed by atoms with Crippen molar-refractivity contribution in [3.8, 4) is 0 Å². The third kappa shape index (κ3) is 3.46. The van der Waals surface area contributed by atoms with Crippen LogP contribution in [0.5, 0.6) is 0 Å². The molecule has 2 aliphatic rings. The number of hydrogen-bond acceptors (Lipinski definition) is 6. The number of Topliss-reactive ketones (excluding diaryl/α,β-unsaturated/α-hetero) is 1. The fraction of sp³-hybridized carbons (Fsp3) is 0.231. The number of carbonyl (C=O) groups excluding carboxylic acids is 1. The van der Waals surface area contributed by atoms with Crippen LogP contribution in [0.25, 0.3) is 0 Å². The van der Waals surface area contributed by atoms with E-state index >= 15 is 0 Å². The first-order valence-electron chi connectivity index (χ1n) is 10.9. The molecule has 2 heterocycles. The standard InChI is InChI=1S/C26H24N4O3/c1-28(2)20-14-12-17(13-15-20)22-24(30(32)33)23-21-11-7-6-10-19(21)16-27-29(23)25(22)26(31)18-8-4-3-5-9-18/h3-16,22-25H,1-2H3. The zero-order valence-electron chi connectivity index (χ0n) is 18.4. The predicted octanol–water partition coefficient (Wildman–Crippen LogP) is 4.14. The first kappa shape index (κ1) is 20.9. The molecule has 7 heteroatoms. The van der Waals surface area contributed by atoms with Crippen LogP contribution in [0.2, 0.25) is 0 Å². The molecule has 4 unspecified atom stereocenters. The number of benzene rings is 3. The lowest BCUT2D eigenvalue weighted by molar-refractivity contribution is -0.529. The van der Waals surface area contributed by atoms with Gasteiger partial charge in [0, 0.05) is 35.8 Å². The molecule has 3 aromatic carbocycles. The monoisotopic (exact) mass is 440 g/mol. The number of anilines is 1. The Hall–Kier alpha value is -4.00. The van der Waals surface area contributed by atoms with Crippen molar-refractivity contribution in [3.05, 3.63) is 111 Å². The van der Waals surface area contributed by atoms with E-state index < -0.39 is 24.0 Å². The summed E-state index contributed by atoms with van der Waals surface area (Å²) in [6, 6.07) is 21.8. The minimum absolute atomic E-state index is 0.164. The fourth-order valence-electron chi connectivity index (χ4n) is 5.05. The summed E-state index contributed by atoms with van der Waals surface area (Å²) in [4.78, 5) is 28.1. The minimum atomic E-state index is -1.02. The summed E-state index contributed by atoms with van der Waals surface area (Å²) in [6.45, 7) is 0. The van der Waals surface area contributed by atoms with Gasteiger partial charge in [-0.1, -0.05) is 66.7 Å². The number of ketones is 1. The number of nitro groups is 1. The van der Waals surface area contributed by atoms with Crippen molar-refractivity contribution in [1.82, 2.24) is 5.01 Å². The van der Waals surface area contributed by atoms with Gasteiger partial charge >= 0.3 is 0 Å². The van der Waals surface area contributed by atoms with Crippen molar-refractivity contribution in [1.29, 1.82) is 0 Å². The maximum absolute atomic E-state index is 13.8. The number of hydrogen-bond donors (Lipinski definition) is 0. The Kier molecular flexibility index (Phi) is 5.17. The molecule has 0 spiro atoms. The second-order valence-electron chi connectivity index (χ2n) is 8.66. The zero-order chi connectivity index (χ0) is 23.1. The van der Waals surface area contributed by atoms with Crippen molar-refractivity contribution in [2.24, 2.45) is 5.10 Å². The molecular weight excluding hydrogens is 416 g/mol. The van der Waals surface area contributed by atoms with Gasteiger partial charge in [0.1, 0.15) is 12.1 Å². The summed E-state index contributed by atoms with van der Waals surface area (Å²) in [7, 11) is 3.89. The van der Waals surface area contributed by atoms with E-state index in [2.05, 4.69) is 5.10 Å². The van der Waals surface area contributed by atoms with Gasteiger partial charge < -0.3 is 4.90 Å². The molecule has 3 aromatic rings. The van der Waals surface area contributed by atoms with Gasteiger partial charge in [0.2, 0.25) is 6.04 Å². The van der Waals surface area contributed by atoms with Crippen LogP contribution in [0.1, 0.15) is 39.0 Å². The lowest BCUT2D eigenvalue weighted by Crippen LogP contribution is -2.38. The first-order chi connectivity index (χ1) is 16.0. The van der Waals surface area contributed by atoms with E-state index in [4.69, 9.17) is 0 Å². The maximum atomic E-state index is 13.8. The van der Waals surface area contributed by atoms with Crippen LogP contribution in [0, 0.1) is 10.1 Å². The quantitative estimate of drug-likeness (QED) is 0.339. The van der Waals surface area contributed by atoms with E-state index in [0.717, 1.165) is 22.4 Å². The Balaban J connectivity index is 1.68. The van der Waals surface area contributed by atoms with Gasteiger partial charge in [-0.15, -0.1) is 0 Å². The molecule has 0 radical (unpaired) electrons. The molecule has 0 N–H and O–H groups in total. The van der Waals surface area contributed by atoms with Gasteiger partial charge in [0.25, 0.3) is 0 Å². The van der Waals surface area contributed by atoms with E-state index in [0.29, 0.717) is 5.56 Å². The number of rotatable bonds is 5. The van der Waals surface area contributed by atoms with E-state index in [-0.39, 0.29) is 10.7 Å². The molecule has 33 heavy (non-hydrogen) atoms. The third-order valence-corrected chi connectivity index (χ3v) is 6.61. The highest BCUT2D eigenvalue weighted by Crippen LogP contribution is 2.49. The smallest absolute Gasteiger partial charge is 0.248 e. The molecule has 4 atom stereocenters. The fourth-order valence-corrected chi connectivity index (χ4v) is 5.05. The van der Waals surface area contributed by atoms with Crippen LogP contribution in [-0.4, -0.2) is 48.1 Å². The molecule has 7 nitrogen and oxygen atoms in total. The summed E-state index contributed by atoms with van der Waals surface area (Å²) in [6.07, 6.45) is 1.70. The molecule has 2 aliphatic heterocycles. The molecule has 1 fully saturated rings. The molecule has 0 amide bonds. The Morgan fingerprint density at radius 3 is 2.30 bits per heavy atom. The Bertz CT molecular complexity index is 1220. The average Bonchev–Trinajstić information content (AvgIpc) is 3.20. The summed E-state index contributed by atoms with van der Waals surface area (Å²) in [5.74, 6) is -0.819. The Labute approximate surface area is 192 Å². The molecule has 0 saturated carbocycles. The van der Waals surface area contributed by atoms with Gasteiger partial charge in [0.15, 0.2) is 5.78 Å². The normalized spacial score (nSPS) is 23.0. The second-order valence-corrected chi connectivity index (χ2v) is 8.66. The first-order valence-corrected chi connectivity index (χ1v) is 10.9. The Morgan fingerprint density at radius 2 is 1.64 bits per heavy atom. The summed E-state index contributed by atoms with van der Waals surface area (Å²) >= 11 is 0. The molecular formula is C26H24N4O3. The second kappa shape index (κ2) is 8.16. The van der Waals surface area contributed by atoms with Crippen LogP contribution >= 0.6 is 0 Å². The molecule has 166 valence electrons. The van der Waals surface area contributed by atoms with Crippen LogP contribution in [0.15, 0.2) is 84.0 Å². The summed E-state index contributed by atoms with van der Waals surface area (Å²) < 4.78 is 0. The average molecular weight is 441 g/mol. The molecule has 0 aliphatic carbocycles. The van der Waals surface area contributed by atoms with Crippen molar-refractivity contribution in [3.63, 3.8) is 0 Å². The molecule has 0 bridgehead atoms. The lowest BCUT2D eigenvalue weighted by Gasteiger charge is -2.30. The summed E-state index contributed by atoms with van der Waals surface area (Å²) in [5, 5.41) is 18.8. The highest BCUT2D eigenvalue weighted by molar-refractivity contribution is 6.01. The minimum Gasteiger partial charge on any atom is -0.378 e. The highest BCUT2D eigenvalue weighted by Gasteiger charge is 2.60. The maximum Gasteiger partial charge on any atom is 0.248 e. The van der Waals surface area contributed by atoms with Crippen molar-refractivity contribution < 1.29 is 9.72 Å². The number of carbonyl (C=O) groups is 1. The van der Waals surface area contributed by atoms with Crippen molar-refractivity contribution >= 4 is 17.7 Å². The van der Waals surface area contributed by atoms with E-state index in [1.165, 1.54) is 0 Å². The largest absolute Gasteiger partial charge is 0.378 e. The van der Waals surface area contributed by atoms with Crippen LogP contribution < -0.4 is 4.90 Å². The molecule has 5 rings (SSSR count). The van der Waals surface area contributed by atoms with Crippen LogP contribution in [-0.2, 0) is 0 Å². The highest BCUT2D eigenvalue weighted by atomic mass is 16.6. The van der Waals surface area contributed by atoms with Gasteiger partial charge in [-0.25, -0.2) is 0 Å².